The number of anilines is 1. The largest absolute Gasteiger partial charge is 0.459 e. The molecular weight excluding hydrogens is 430 g/mol. The third-order valence-electron chi connectivity index (χ3n) is 4.71. The highest BCUT2D eigenvalue weighted by atomic mass is 32.2. The Labute approximate surface area is 190 Å². The molecule has 0 fully saturated rings. The maximum absolute atomic E-state index is 12.9. The summed E-state index contributed by atoms with van der Waals surface area (Å²) >= 11 is 0. The van der Waals surface area contributed by atoms with E-state index >= 15 is 0 Å². The van der Waals surface area contributed by atoms with Gasteiger partial charge in [-0.2, -0.15) is 0 Å². The SMILES string of the molecule is CCC(C)c1ccc(S(=O)(=O)Nc2cc(C(=O)OC(C)C)cc(C(=O)OC(C)C)c2)cc1. The molecule has 174 valence electrons. The van der Waals surface area contributed by atoms with Gasteiger partial charge in [-0.3, -0.25) is 4.72 Å². The quantitative estimate of drug-likeness (QED) is 0.520. The first-order valence-electron chi connectivity index (χ1n) is 10.6. The average Bonchev–Trinajstić information content (AvgIpc) is 2.71. The number of hydrogen-bond donors (Lipinski definition) is 1. The molecule has 0 amide bonds. The van der Waals surface area contributed by atoms with E-state index in [1.807, 2.05) is 0 Å². The lowest BCUT2D eigenvalue weighted by molar-refractivity contribution is 0.0377. The molecular formula is C24H31NO6S. The van der Waals surface area contributed by atoms with Crippen molar-refractivity contribution in [2.75, 3.05) is 4.72 Å². The van der Waals surface area contributed by atoms with Gasteiger partial charge in [0.1, 0.15) is 0 Å². The van der Waals surface area contributed by atoms with E-state index < -0.39 is 22.0 Å². The van der Waals surface area contributed by atoms with Crippen LogP contribution in [-0.4, -0.2) is 32.6 Å². The van der Waals surface area contributed by atoms with E-state index in [4.69, 9.17) is 9.47 Å². The molecule has 0 bridgehead atoms. The highest BCUT2D eigenvalue weighted by molar-refractivity contribution is 7.92. The van der Waals surface area contributed by atoms with E-state index in [1.165, 1.54) is 30.3 Å². The molecule has 0 saturated carbocycles. The maximum Gasteiger partial charge on any atom is 0.338 e. The van der Waals surface area contributed by atoms with Crippen LogP contribution in [0.1, 0.15) is 80.2 Å². The summed E-state index contributed by atoms with van der Waals surface area (Å²) in [5.74, 6) is -1.02. The van der Waals surface area contributed by atoms with Crippen LogP contribution in [0.4, 0.5) is 5.69 Å². The van der Waals surface area contributed by atoms with Crippen molar-refractivity contribution in [3.05, 3.63) is 59.2 Å². The third kappa shape index (κ3) is 6.82. The van der Waals surface area contributed by atoms with Crippen molar-refractivity contribution < 1.29 is 27.5 Å². The van der Waals surface area contributed by atoms with Crippen LogP contribution in [0.25, 0.3) is 0 Å². The molecule has 0 saturated heterocycles. The Bertz CT molecular complexity index is 1020. The zero-order chi connectivity index (χ0) is 24.1. The minimum Gasteiger partial charge on any atom is -0.459 e. The molecule has 7 nitrogen and oxygen atoms in total. The Morgan fingerprint density at radius 2 is 1.31 bits per heavy atom. The minimum absolute atomic E-state index is 0.0433. The second-order valence-corrected chi connectivity index (χ2v) is 9.87. The molecule has 1 atom stereocenters. The van der Waals surface area contributed by atoms with Crippen LogP contribution in [0, 0.1) is 0 Å². The Balaban J connectivity index is 2.41. The fourth-order valence-corrected chi connectivity index (χ4v) is 3.95. The first-order chi connectivity index (χ1) is 14.9. The standard InChI is InChI=1S/C24H31NO6S/c1-7-17(6)18-8-10-22(11-9-18)32(28,29)25-21-13-19(23(26)30-15(2)3)12-20(14-21)24(27)31-16(4)5/h8-17,25H,7H2,1-6H3. The van der Waals surface area contributed by atoms with E-state index in [1.54, 1.807) is 39.8 Å². The monoisotopic (exact) mass is 461 g/mol. The lowest BCUT2D eigenvalue weighted by Gasteiger charge is -2.14. The molecule has 0 heterocycles. The summed E-state index contributed by atoms with van der Waals surface area (Å²) in [5, 5.41) is 0. The summed E-state index contributed by atoms with van der Waals surface area (Å²) in [6.07, 6.45) is 0.190. The smallest absolute Gasteiger partial charge is 0.338 e. The average molecular weight is 462 g/mol. The van der Waals surface area contributed by atoms with Gasteiger partial charge in [-0.05, 0) is 75.9 Å². The zero-order valence-electron chi connectivity index (χ0n) is 19.3. The summed E-state index contributed by atoms with van der Waals surface area (Å²) in [6, 6.07) is 10.6. The van der Waals surface area contributed by atoms with Crippen LogP contribution >= 0.6 is 0 Å². The van der Waals surface area contributed by atoms with Crippen LogP contribution < -0.4 is 4.72 Å². The fourth-order valence-electron chi connectivity index (χ4n) is 2.91. The van der Waals surface area contributed by atoms with Crippen molar-refractivity contribution in [3.8, 4) is 0 Å². The zero-order valence-corrected chi connectivity index (χ0v) is 20.2. The van der Waals surface area contributed by atoms with Gasteiger partial charge >= 0.3 is 11.9 Å². The first-order valence-corrected chi connectivity index (χ1v) is 12.1. The molecule has 2 aromatic rings. The molecule has 1 N–H and O–H groups in total. The van der Waals surface area contributed by atoms with E-state index in [2.05, 4.69) is 18.6 Å². The molecule has 2 rings (SSSR count). The molecule has 8 heteroatoms. The normalized spacial score (nSPS) is 12.5. The Hall–Kier alpha value is -2.87. The molecule has 1 unspecified atom stereocenters. The van der Waals surface area contributed by atoms with Gasteiger partial charge in [0.05, 0.1) is 33.9 Å². The number of hydrogen-bond acceptors (Lipinski definition) is 6. The van der Waals surface area contributed by atoms with Crippen LogP contribution in [0.3, 0.4) is 0 Å². The Morgan fingerprint density at radius 1 is 0.844 bits per heavy atom. The van der Waals surface area contributed by atoms with Gasteiger partial charge in [0.25, 0.3) is 10.0 Å². The van der Waals surface area contributed by atoms with Crippen molar-refractivity contribution in [2.24, 2.45) is 0 Å². The number of sulfonamides is 1. The van der Waals surface area contributed by atoms with Crippen molar-refractivity contribution >= 4 is 27.6 Å². The van der Waals surface area contributed by atoms with Gasteiger partial charge in [-0.1, -0.05) is 26.0 Å². The number of ether oxygens (including phenoxy) is 2. The van der Waals surface area contributed by atoms with E-state index in [0.717, 1.165) is 12.0 Å². The first kappa shape index (κ1) is 25.4. The highest BCUT2D eigenvalue weighted by Gasteiger charge is 2.20. The lowest BCUT2D eigenvalue weighted by Crippen LogP contribution is -2.17. The van der Waals surface area contributed by atoms with Gasteiger partial charge in [0, 0.05) is 0 Å². The predicted octanol–water partition coefficient (Wildman–Crippen LogP) is 5.13. The topological polar surface area (TPSA) is 98.8 Å². The molecule has 0 aromatic heterocycles. The van der Waals surface area contributed by atoms with Gasteiger partial charge in [-0.15, -0.1) is 0 Å². The number of esters is 2. The second kappa shape index (κ2) is 10.6. The Kier molecular flexibility index (Phi) is 8.44. The number of nitrogens with one attached hydrogen (secondary N) is 1. The van der Waals surface area contributed by atoms with Crippen LogP contribution in [0.5, 0.6) is 0 Å². The number of carbonyl (C=O) groups excluding carboxylic acids is 2. The van der Waals surface area contributed by atoms with Gasteiger partial charge in [0.15, 0.2) is 0 Å². The summed E-state index contributed by atoms with van der Waals surface area (Å²) in [6.45, 7) is 10.9. The van der Waals surface area contributed by atoms with E-state index in [9.17, 15) is 18.0 Å². The van der Waals surface area contributed by atoms with E-state index in [-0.39, 0.29) is 33.9 Å². The molecule has 0 aliphatic carbocycles. The summed E-state index contributed by atoms with van der Waals surface area (Å²) < 4.78 is 38.7. The highest BCUT2D eigenvalue weighted by Crippen LogP contribution is 2.24. The van der Waals surface area contributed by atoms with Crippen molar-refractivity contribution in [2.45, 2.75) is 71.0 Å². The molecule has 32 heavy (non-hydrogen) atoms. The van der Waals surface area contributed by atoms with Gasteiger partial charge in [0.2, 0.25) is 0 Å². The molecule has 0 spiro atoms. The minimum atomic E-state index is -3.95. The van der Waals surface area contributed by atoms with Crippen LogP contribution in [0.15, 0.2) is 47.4 Å². The second-order valence-electron chi connectivity index (χ2n) is 8.19. The Morgan fingerprint density at radius 3 is 1.72 bits per heavy atom. The molecule has 0 aliphatic rings. The lowest BCUT2D eigenvalue weighted by atomic mass is 9.99. The molecule has 0 radical (unpaired) electrons. The molecule has 0 aliphatic heterocycles. The molecule has 2 aromatic carbocycles. The number of benzene rings is 2. The maximum atomic E-state index is 12.9. The van der Waals surface area contributed by atoms with Gasteiger partial charge < -0.3 is 9.47 Å². The van der Waals surface area contributed by atoms with Crippen LogP contribution in [0.2, 0.25) is 0 Å². The number of carbonyl (C=O) groups is 2. The van der Waals surface area contributed by atoms with Crippen molar-refractivity contribution in [3.63, 3.8) is 0 Å². The van der Waals surface area contributed by atoms with Crippen LogP contribution in [-0.2, 0) is 19.5 Å². The van der Waals surface area contributed by atoms with E-state index in [0.29, 0.717) is 5.92 Å². The van der Waals surface area contributed by atoms with Gasteiger partial charge in [-0.25, -0.2) is 18.0 Å². The van der Waals surface area contributed by atoms with Crippen molar-refractivity contribution in [1.29, 1.82) is 0 Å². The summed E-state index contributed by atoms with van der Waals surface area (Å²) in [5.41, 5.74) is 1.19. The predicted molar refractivity (Wildman–Crippen MR) is 124 cm³/mol. The summed E-state index contributed by atoms with van der Waals surface area (Å²) in [4.78, 5) is 24.9. The third-order valence-corrected chi connectivity index (χ3v) is 6.11. The van der Waals surface area contributed by atoms with Crippen molar-refractivity contribution in [1.82, 2.24) is 0 Å². The summed E-state index contributed by atoms with van der Waals surface area (Å²) in [7, 11) is -3.95. The number of rotatable bonds is 9. The fraction of sp³-hybridized carbons (Fsp3) is 0.417.